The number of aliphatic imine (C=N–C) groups is 1. The lowest BCUT2D eigenvalue weighted by Gasteiger charge is -2.25. The minimum Gasteiger partial charge on any atom is -0.481 e. The molecular formula is C20H36N8O8. The Morgan fingerprint density at radius 3 is 1.81 bits per heavy atom. The van der Waals surface area contributed by atoms with E-state index >= 15 is 0 Å². The first-order valence-corrected chi connectivity index (χ1v) is 11.1. The van der Waals surface area contributed by atoms with Gasteiger partial charge in [0.05, 0.1) is 12.5 Å². The topological polar surface area (TPSA) is 295 Å². The molecule has 13 N–H and O–H groups in total. The Labute approximate surface area is 207 Å². The highest BCUT2D eigenvalue weighted by molar-refractivity contribution is 5.96. The van der Waals surface area contributed by atoms with Crippen LogP contribution in [0.15, 0.2) is 4.99 Å². The van der Waals surface area contributed by atoms with Crippen molar-refractivity contribution in [1.29, 1.82) is 0 Å². The molecule has 0 aliphatic rings. The molecule has 0 radical (unpaired) electrons. The third-order valence-corrected chi connectivity index (χ3v) is 4.90. The van der Waals surface area contributed by atoms with Crippen LogP contribution in [0.1, 0.15) is 46.0 Å². The lowest BCUT2D eigenvalue weighted by atomic mass is 10.0. The molecule has 0 spiro atoms. The van der Waals surface area contributed by atoms with Gasteiger partial charge in [0.2, 0.25) is 23.6 Å². The number of carbonyl (C=O) groups is 6. The second-order valence-electron chi connectivity index (χ2n) is 8.34. The van der Waals surface area contributed by atoms with E-state index in [1.807, 2.05) is 0 Å². The summed E-state index contributed by atoms with van der Waals surface area (Å²) in [6, 6.07) is -5.34. The predicted molar refractivity (Wildman–Crippen MR) is 127 cm³/mol. The predicted octanol–water partition coefficient (Wildman–Crippen LogP) is -3.70. The summed E-state index contributed by atoms with van der Waals surface area (Å²) in [7, 11) is 0. The maximum atomic E-state index is 13.0. The van der Waals surface area contributed by atoms with Crippen LogP contribution in [-0.2, 0) is 28.8 Å². The molecule has 0 aliphatic carbocycles. The molecule has 16 nitrogen and oxygen atoms in total. The van der Waals surface area contributed by atoms with Gasteiger partial charge in [-0.2, -0.15) is 0 Å². The Balaban J connectivity index is 5.63. The monoisotopic (exact) mass is 516 g/mol. The molecular weight excluding hydrogens is 480 g/mol. The first-order chi connectivity index (χ1) is 16.6. The van der Waals surface area contributed by atoms with Crippen molar-refractivity contribution in [2.24, 2.45) is 33.8 Å². The summed E-state index contributed by atoms with van der Waals surface area (Å²) in [6.45, 7) is 3.54. The zero-order valence-electron chi connectivity index (χ0n) is 20.2. The summed E-state index contributed by atoms with van der Waals surface area (Å²) in [5, 5.41) is 24.9. The SMILES string of the molecule is CC(C)C(N)C(=O)NC(CCCN=C(N)N)C(=O)NC(CC(N)=O)C(=O)NC(CCC(=O)O)C(=O)O. The molecule has 0 bridgehead atoms. The highest BCUT2D eigenvalue weighted by Gasteiger charge is 2.31. The number of aliphatic carboxylic acids is 2. The third kappa shape index (κ3) is 13.1. The van der Waals surface area contributed by atoms with Crippen LogP contribution in [0.3, 0.4) is 0 Å². The van der Waals surface area contributed by atoms with Gasteiger partial charge < -0.3 is 49.1 Å². The Hall–Kier alpha value is -3.95. The molecule has 0 fully saturated rings. The van der Waals surface area contributed by atoms with Crippen molar-refractivity contribution in [2.45, 2.75) is 70.1 Å². The van der Waals surface area contributed by atoms with Crippen molar-refractivity contribution in [3.63, 3.8) is 0 Å². The Bertz CT molecular complexity index is 844. The van der Waals surface area contributed by atoms with Crippen molar-refractivity contribution in [3.05, 3.63) is 0 Å². The Morgan fingerprint density at radius 2 is 1.33 bits per heavy atom. The van der Waals surface area contributed by atoms with Crippen LogP contribution in [-0.4, -0.2) is 82.5 Å². The number of hydrogen-bond acceptors (Lipinski definition) is 8. The summed E-state index contributed by atoms with van der Waals surface area (Å²) in [6.07, 6.45) is -1.41. The number of nitrogens with zero attached hydrogens (tertiary/aromatic N) is 1. The van der Waals surface area contributed by atoms with E-state index < -0.39 is 79.0 Å². The van der Waals surface area contributed by atoms with Crippen LogP contribution in [0, 0.1) is 5.92 Å². The van der Waals surface area contributed by atoms with E-state index in [2.05, 4.69) is 20.9 Å². The molecule has 0 saturated carbocycles. The van der Waals surface area contributed by atoms with Gasteiger partial charge in [-0.25, -0.2) is 4.79 Å². The van der Waals surface area contributed by atoms with Gasteiger partial charge >= 0.3 is 11.9 Å². The van der Waals surface area contributed by atoms with Crippen molar-refractivity contribution in [3.8, 4) is 0 Å². The van der Waals surface area contributed by atoms with E-state index in [9.17, 15) is 33.9 Å². The molecule has 0 heterocycles. The largest absolute Gasteiger partial charge is 0.481 e. The minimum atomic E-state index is -1.60. The number of carboxylic acids is 2. The van der Waals surface area contributed by atoms with Crippen LogP contribution in [0.25, 0.3) is 0 Å². The second kappa shape index (κ2) is 15.9. The average Bonchev–Trinajstić information content (AvgIpc) is 2.76. The van der Waals surface area contributed by atoms with E-state index in [1.165, 1.54) is 0 Å². The molecule has 36 heavy (non-hydrogen) atoms. The highest BCUT2D eigenvalue weighted by Crippen LogP contribution is 2.06. The molecule has 0 aromatic heterocycles. The van der Waals surface area contributed by atoms with E-state index in [0.29, 0.717) is 0 Å². The number of amides is 4. The van der Waals surface area contributed by atoms with Crippen molar-refractivity contribution >= 4 is 41.5 Å². The molecule has 0 aliphatic heterocycles. The highest BCUT2D eigenvalue weighted by atomic mass is 16.4. The summed E-state index contributed by atoms with van der Waals surface area (Å²) in [4.78, 5) is 75.4. The molecule has 4 atom stereocenters. The van der Waals surface area contributed by atoms with Gasteiger partial charge in [-0.15, -0.1) is 0 Å². The number of nitrogens with two attached hydrogens (primary N) is 4. The number of guanidine groups is 1. The molecule has 0 saturated heterocycles. The standard InChI is InChI=1S/C20H36N8O8/c1-9(2)15(22)18(34)26-10(4-3-7-25-20(23)24)16(32)28-12(8-13(21)29)17(33)27-11(19(35)36)5-6-14(30)31/h9-12,15H,3-8,22H2,1-2H3,(H2,21,29)(H,26,34)(H,27,33)(H,28,32)(H,30,31)(H,35,36)(H4,23,24,25). The maximum absolute atomic E-state index is 13.0. The van der Waals surface area contributed by atoms with Crippen LogP contribution in [0.5, 0.6) is 0 Å². The molecule has 0 aromatic rings. The Morgan fingerprint density at radius 1 is 0.806 bits per heavy atom. The van der Waals surface area contributed by atoms with Crippen molar-refractivity contribution in [1.82, 2.24) is 16.0 Å². The van der Waals surface area contributed by atoms with Gasteiger partial charge in [-0.1, -0.05) is 13.8 Å². The second-order valence-corrected chi connectivity index (χ2v) is 8.34. The van der Waals surface area contributed by atoms with Crippen LogP contribution < -0.4 is 38.9 Å². The zero-order chi connectivity index (χ0) is 28.0. The lowest BCUT2D eigenvalue weighted by molar-refractivity contribution is -0.143. The van der Waals surface area contributed by atoms with Crippen molar-refractivity contribution in [2.75, 3.05) is 6.54 Å². The molecule has 4 amide bonds. The fourth-order valence-electron chi connectivity index (χ4n) is 2.82. The van der Waals surface area contributed by atoms with E-state index in [-0.39, 0.29) is 31.3 Å². The average molecular weight is 517 g/mol. The molecule has 204 valence electrons. The van der Waals surface area contributed by atoms with E-state index in [0.717, 1.165) is 0 Å². The van der Waals surface area contributed by atoms with Gasteiger partial charge in [0.15, 0.2) is 5.96 Å². The van der Waals surface area contributed by atoms with Gasteiger partial charge in [0, 0.05) is 13.0 Å². The summed E-state index contributed by atoms with van der Waals surface area (Å²) in [5.41, 5.74) is 21.5. The smallest absolute Gasteiger partial charge is 0.326 e. The normalized spacial score (nSPS) is 14.0. The molecule has 16 heteroatoms. The first-order valence-electron chi connectivity index (χ1n) is 11.1. The minimum absolute atomic E-state index is 0.0282. The fourth-order valence-corrected chi connectivity index (χ4v) is 2.82. The van der Waals surface area contributed by atoms with E-state index in [1.54, 1.807) is 13.8 Å². The summed E-state index contributed by atoms with van der Waals surface area (Å²) >= 11 is 0. The van der Waals surface area contributed by atoms with Crippen LogP contribution in [0.2, 0.25) is 0 Å². The Kier molecular flexibility index (Phi) is 14.1. The molecule has 0 aromatic carbocycles. The van der Waals surface area contributed by atoms with Gasteiger partial charge in [-0.3, -0.25) is 29.0 Å². The van der Waals surface area contributed by atoms with Crippen molar-refractivity contribution < 1.29 is 39.0 Å². The number of hydrogen-bond donors (Lipinski definition) is 9. The summed E-state index contributed by atoms with van der Waals surface area (Å²) in [5.74, 6) is -6.78. The fraction of sp³-hybridized carbons (Fsp3) is 0.650. The number of primary amides is 1. The molecule has 4 unspecified atom stereocenters. The molecule has 0 rings (SSSR count). The number of carboxylic acid groups (broad SMARTS) is 2. The van der Waals surface area contributed by atoms with Crippen LogP contribution in [0.4, 0.5) is 0 Å². The summed E-state index contributed by atoms with van der Waals surface area (Å²) < 4.78 is 0. The first kappa shape index (κ1) is 32.0. The lowest BCUT2D eigenvalue weighted by Crippen LogP contribution is -2.58. The van der Waals surface area contributed by atoms with Gasteiger partial charge in [0.1, 0.15) is 18.1 Å². The number of nitrogens with one attached hydrogen (secondary N) is 3. The van der Waals surface area contributed by atoms with Crippen LogP contribution >= 0.6 is 0 Å². The van der Waals surface area contributed by atoms with E-state index in [4.69, 9.17) is 28.0 Å². The zero-order valence-corrected chi connectivity index (χ0v) is 20.2. The maximum Gasteiger partial charge on any atom is 0.326 e. The third-order valence-electron chi connectivity index (χ3n) is 4.90. The number of rotatable bonds is 17. The quantitative estimate of drug-likeness (QED) is 0.0514. The van der Waals surface area contributed by atoms with Gasteiger partial charge in [-0.05, 0) is 25.2 Å². The van der Waals surface area contributed by atoms with Gasteiger partial charge in [0.25, 0.3) is 0 Å². The number of carbonyl (C=O) groups excluding carboxylic acids is 4.